The molecule has 0 fully saturated rings. The van der Waals surface area contributed by atoms with Gasteiger partial charge in [0.15, 0.2) is 18.0 Å². The van der Waals surface area contributed by atoms with E-state index in [1.807, 2.05) is 0 Å². The summed E-state index contributed by atoms with van der Waals surface area (Å²) in [5.74, 6) is -1.17. The van der Waals surface area contributed by atoms with Crippen molar-refractivity contribution in [2.75, 3.05) is 0 Å². The van der Waals surface area contributed by atoms with E-state index >= 15 is 0 Å². The third kappa shape index (κ3) is 4.71. The fraction of sp³-hybridized carbons (Fsp3) is 0.769. The number of esters is 2. The van der Waals surface area contributed by atoms with Crippen molar-refractivity contribution in [3.8, 4) is 0 Å². The number of nitrogens with zero attached hydrogens (tertiary/aromatic N) is 1. The van der Waals surface area contributed by atoms with Crippen molar-refractivity contribution >= 4 is 17.9 Å². The molecule has 1 rings (SSSR count). The fourth-order valence-electron chi connectivity index (χ4n) is 1.60. The number of aliphatic imine (C=N–C) groups is 1. The molecule has 7 heteroatoms. The summed E-state index contributed by atoms with van der Waals surface area (Å²) in [4.78, 5) is 28.0. The number of carbonyl (C=O) groups is 2. The Balaban J connectivity index is 2.82. The van der Waals surface area contributed by atoms with Gasteiger partial charge < -0.3 is 20.5 Å². The minimum Gasteiger partial charge on any atom is -0.458 e. The number of carbonyl (C=O) groups excluding carboxylic acids is 2. The molecule has 1 aliphatic rings. The molecule has 0 aromatic heterocycles. The van der Waals surface area contributed by atoms with Crippen LogP contribution in [-0.4, -0.2) is 41.2 Å². The lowest BCUT2D eigenvalue weighted by Crippen LogP contribution is -2.49. The lowest BCUT2D eigenvalue weighted by molar-refractivity contribution is -0.165. The molecule has 2 unspecified atom stereocenters. The third-order valence-corrected chi connectivity index (χ3v) is 2.21. The maximum absolute atomic E-state index is 12.1. The van der Waals surface area contributed by atoms with Gasteiger partial charge in [-0.1, -0.05) is 0 Å². The smallest absolute Gasteiger partial charge is 0.334 e. The van der Waals surface area contributed by atoms with Gasteiger partial charge in [0.05, 0.1) is 0 Å². The predicted molar refractivity (Wildman–Crippen MR) is 74.0 cm³/mol. The van der Waals surface area contributed by atoms with E-state index in [9.17, 15) is 9.59 Å². The third-order valence-electron chi connectivity index (χ3n) is 2.21. The molecule has 0 saturated carbocycles. The number of nitrogens with one attached hydrogen (secondary N) is 1. The highest BCUT2D eigenvalue weighted by Crippen LogP contribution is 2.17. The van der Waals surface area contributed by atoms with Crippen LogP contribution in [0.4, 0.5) is 0 Å². The fourth-order valence-corrected chi connectivity index (χ4v) is 1.60. The monoisotopic (exact) mass is 285 g/mol. The van der Waals surface area contributed by atoms with Crippen LogP contribution in [0.3, 0.4) is 0 Å². The van der Waals surface area contributed by atoms with Gasteiger partial charge in [-0.2, -0.15) is 0 Å². The number of guanidine groups is 1. The van der Waals surface area contributed by atoms with Crippen molar-refractivity contribution < 1.29 is 19.1 Å². The largest absolute Gasteiger partial charge is 0.458 e. The molecule has 0 aromatic rings. The number of ether oxygens (including phenoxy) is 2. The van der Waals surface area contributed by atoms with E-state index in [1.54, 1.807) is 41.5 Å². The van der Waals surface area contributed by atoms with Crippen molar-refractivity contribution in [2.24, 2.45) is 10.7 Å². The second-order valence-electron chi connectivity index (χ2n) is 6.65. The molecule has 0 spiro atoms. The van der Waals surface area contributed by atoms with Gasteiger partial charge in [0.1, 0.15) is 11.2 Å². The van der Waals surface area contributed by atoms with Crippen LogP contribution in [0.2, 0.25) is 0 Å². The first-order valence-electron chi connectivity index (χ1n) is 6.44. The Hall–Kier alpha value is -1.79. The van der Waals surface area contributed by atoms with E-state index < -0.39 is 35.2 Å². The van der Waals surface area contributed by atoms with Gasteiger partial charge in [0.2, 0.25) is 0 Å². The van der Waals surface area contributed by atoms with Gasteiger partial charge in [-0.05, 0) is 41.5 Å². The normalized spacial score (nSPS) is 22.8. The Bertz CT molecular complexity index is 432. The van der Waals surface area contributed by atoms with Gasteiger partial charge in [-0.15, -0.1) is 0 Å². The molecule has 0 bridgehead atoms. The average Bonchev–Trinajstić information content (AvgIpc) is 2.55. The van der Waals surface area contributed by atoms with Crippen LogP contribution in [0.15, 0.2) is 4.99 Å². The standard InChI is InChI=1S/C13H23N3O4/c1-12(2,3)19-9(17)7-8(16-11(14)15-7)10(18)20-13(4,5)6/h7-8H,1-6H3,(H3,14,15,16). The van der Waals surface area contributed by atoms with Crippen molar-refractivity contribution in [1.29, 1.82) is 0 Å². The minimum absolute atomic E-state index is 0.0247. The molecule has 0 aliphatic carbocycles. The molecule has 3 N–H and O–H groups in total. The lowest BCUT2D eigenvalue weighted by atomic mass is 10.1. The van der Waals surface area contributed by atoms with Crippen molar-refractivity contribution in [3.63, 3.8) is 0 Å². The van der Waals surface area contributed by atoms with E-state index in [2.05, 4.69) is 10.3 Å². The molecule has 0 amide bonds. The molecule has 1 aliphatic heterocycles. The van der Waals surface area contributed by atoms with Crippen LogP contribution in [-0.2, 0) is 19.1 Å². The van der Waals surface area contributed by atoms with Gasteiger partial charge in [0.25, 0.3) is 0 Å². The minimum atomic E-state index is -1.02. The first-order valence-corrected chi connectivity index (χ1v) is 6.44. The van der Waals surface area contributed by atoms with Crippen molar-refractivity contribution in [1.82, 2.24) is 5.32 Å². The second-order valence-corrected chi connectivity index (χ2v) is 6.65. The highest BCUT2D eigenvalue weighted by atomic mass is 16.6. The molecule has 2 atom stereocenters. The first kappa shape index (κ1) is 16.3. The van der Waals surface area contributed by atoms with E-state index in [0.29, 0.717) is 0 Å². The molecule has 114 valence electrons. The Morgan fingerprint density at radius 2 is 1.50 bits per heavy atom. The van der Waals surface area contributed by atoms with E-state index in [4.69, 9.17) is 15.2 Å². The molecule has 7 nitrogen and oxygen atoms in total. The van der Waals surface area contributed by atoms with Crippen LogP contribution in [0.5, 0.6) is 0 Å². The van der Waals surface area contributed by atoms with E-state index in [0.717, 1.165) is 0 Å². The Morgan fingerprint density at radius 1 is 1.05 bits per heavy atom. The first-order chi connectivity index (χ1) is 8.89. The quantitative estimate of drug-likeness (QED) is 0.708. The maximum atomic E-state index is 12.1. The molecule has 20 heavy (non-hydrogen) atoms. The zero-order chi connectivity index (χ0) is 15.7. The summed E-state index contributed by atoms with van der Waals surface area (Å²) in [7, 11) is 0. The van der Waals surface area contributed by atoms with Gasteiger partial charge in [-0.3, -0.25) is 0 Å². The van der Waals surface area contributed by atoms with Gasteiger partial charge >= 0.3 is 11.9 Å². The van der Waals surface area contributed by atoms with E-state index in [-0.39, 0.29) is 5.96 Å². The van der Waals surface area contributed by atoms with Crippen LogP contribution < -0.4 is 11.1 Å². The molecular weight excluding hydrogens is 262 g/mol. The van der Waals surface area contributed by atoms with Crippen LogP contribution >= 0.6 is 0 Å². The zero-order valence-corrected chi connectivity index (χ0v) is 12.8. The lowest BCUT2D eigenvalue weighted by Gasteiger charge is -2.25. The van der Waals surface area contributed by atoms with Crippen molar-refractivity contribution in [2.45, 2.75) is 64.8 Å². The van der Waals surface area contributed by atoms with Crippen molar-refractivity contribution in [3.05, 3.63) is 0 Å². The van der Waals surface area contributed by atoms with E-state index in [1.165, 1.54) is 0 Å². The Kier molecular flexibility index (Phi) is 4.31. The Morgan fingerprint density at radius 3 is 1.95 bits per heavy atom. The average molecular weight is 285 g/mol. The highest BCUT2D eigenvalue weighted by molar-refractivity contribution is 5.96. The van der Waals surface area contributed by atoms with Crippen LogP contribution in [0, 0.1) is 0 Å². The van der Waals surface area contributed by atoms with Gasteiger partial charge in [0, 0.05) is 0 Å². The van der Waals surface area contributed by atoms with Crippen LogP contribution in [0.1, 0.15) is 41.5 Å². The predicted octanol–water partition coefficient (Wildman–Crippen LogP) is 0.325. The summed E-state index contributed by atoms with van der Waals surface area (Å²) in [6, 6.07) is -1.98. The molecule has 0 aromatic carbocycles. The molecule has 1 heterocycles. The maximum Gasteiger partial charge on any atom is 0.334 e. The summed E-state index contributed by atoms with van der Waals surface area (Å²) >= 11 is 0. The number of hydrogen-bond donors (Lipinski definition) is 2. The Labute approximate surface area is 118 Å². The zero-order valence-electron chi connectivity index (χ0n) is 12.8. The molecular formula is C13H23N3O4. The summed E-state index contributed by atoms with van der Waals surface area (Å²) < 4.78 is 10.5. The summed E-state index contributed by atoms with van der Waals surface area (Å²) in [6.45, 7) is 10.4. The second kappa shape index (κ2) is 5.30. The SMILES string of the molecule is CC(C)(C)OC(=O)C1N=C(N)NC1C(=O)OC(C)(C)C. The van der Waals surface area contributed by atoms with Gasteiger partial charge in [-0.25, -0.2) is 14.6 Å². The summed E-state index contributed by atoms with van der Waals surface area (Å²) in [6.07, 6.45) is 0. The highest BCUT2D eigenvalue weighted by Gasteiger charge is 2.43. The summed E-state index contributed by atoms with van der Waals surface area (Å²) in [5.41, 5.74) is 4.22. The molecule has 0 radical (unpaired) electrons. The number of nitrogens with two attached hydrogens (primary N) is 1. The summed E-state index contributed by atoms with van der Waals surface area (Å²) in [5, 5.41) is 2.65. The number of rotatable bonds is 2. The topological polar surface area (TPSA) is 103 Å². The molecule has 0 saturated heterocycles. The van der Waals surface area contributed by atoms with Crippen LogP contribution in [0.25, 0.3) is 0 Å². The number of hydrogen-bond acceptors (Lipinski definition) is 7.